The lowest BCUT2D eigenvalue weighted by Crippen LogP contribution is -2.52. The number of piperidine rings is 1. The molecule has 3 aliphatic rings. The number of β-amino-alcohol motifs (C(OH)–C–C–N with tert-alkyl or cyclic N) is 1. The number of amides is 3. The minimum atomic E-state index is -0.613. The number of likely N-dealkylation sites (tertiary alicyclic amines) is 1. The van der Waals surface area contributed by atoms with Crippen LogP contribution in [0.3, 0.4) is 0 Å². The fourth-order valence-corrected chi connectivity index (χ4v) is 4.68. The number of aliphatic hydroxyl groups is 1. The molecule has 5 rings (SSSR count). The van der Waals surface area contributed by atoms with Gasteiger partial charge < -0.3 is 10.0 Å². The Morgan fingerprint density at radius 1 is 1.13 bits per heavy atom. The van der Waals surface area contributed by atoms with E-state index in [2.05, 4.69) is 15.2 Å². The Hall–Kier alpha value is -3.10. The molecular weight excluding hydrogens is 396 g/mol. The summed E-state index contributed by atoms with van der Waals surface area (Å²) in [5.74, 6) is -0.869. The smallest absolute Gasteiger partial charge is 0.255 e. The molecule has 0 spiro atoms. The van der Waals surface area contributed by atoms with Crippen molar-refractivity contribution in [2.24, 2.45) is 0 Å². The van der Waals surface area contributed by atoms with Gasteiger partial charge in [-0.1, -0.05) is 6.07 Å². The first-order chi connectivity index (χ1) is 15.0. The van der Waals surface area contributed by atoms with Gasteiger partial charge in [0.1, 0.15) is 6.04 Å². The zero-order valence-corrected chi connectivity index (χ0v) is 17.1. The number of aromatic nitrogens is 1. The van der Waals surface area contributed by atoms with Gasteiger partial charge in [0.2, 0.25) is 11.8 Å². The van der Waals surface area contributed by atoms with Crippen molar-refractivity contribution in [3.05, 3.63) is 53.2 Å². The summed E-state index contributed by atoms with van der Waals surface area (Å²) >= 11 is 0. The monoisotopic (exact) mass is 420 g/mol. The van der Waals surface area contributed by atoms with Crippen LogP contribution in [0.4, 0.5) is 0 Å². The topological polar surface area (TPSA) is 103 Å². The first kappa shape index (κ1) is 19.8. The number of fused-ring (bicyclic) bond motifs is 1. The molecule has 0 aliphatic carbocycles. The van der Waals surface area contributed by atoms with Crippen LogP contribution in [0.5, 0.6) is 0 Å². The second kappa shape index (κ2) is 7.86. The number of nitrogens with one attached hydrogen (secondary N) is 1. The second-order valence-electron chi connectivity index (χ2n) is 8.50. The number of rotatable bonds is 4. The van der Waals surface area contributed by atoms with Gasteiger partial charge in [0, 0.05) is 49.9 Å². The Kier molecular flexibility index (Phi) is 5.03. The van der Waals surface area contributed by atoms with Gasteiger partial charge in [-0.2, -0.15) is 0 Å². The van der Waals surface area contributed by atoms with E-state index in [0.717, 1.165) is 41.9 Å². The third-order valence-corrected chi connectivity index (χ3v) is 6.30. The number of carbonyl (C=O) groups is 3. The van der Waals surface area contributed by atoms with E-state index in [4.69, 9.17) is 0 Å². The Morgan fingerprint density at radius 2 is 2.00 bits per heavy atom. The number of aliphatic hydroxyl groups excluding tert-OH is 1. The average Bonchev–Trinajstić information content (AvgIpc) is 3.30. The van der Waals surface area contributed by atoms with E-state index in [-0.39, 0.29) is 24.3 Å². The van der Waals surface area contributed by atoms with Crippen molar-refractivity contribution in [3.8, 4) is 11.3 Å². The minimum absolute atomic E-state index is 0.176. The third kappa shape index (κ3) is 3.84. The first-order valence-electron chi connectivity index (χ1n) is 10.6. The summed E-state index contributed by atoms with van der Waals surface area (Å²) in [6.45, 7) is 2.68. The van der Waals surface area contributed by atoms with E-state index in [1.165, 1.54) is 0 Å². The van der Waals surface area contributed by atoms with E-state index in [0.29, 0.717) is 25.1 Å². The lowest BCUT2D eigenvalue weighted by molar-refractivity contribution is -0.136. The molecule has 1 aromatic heterocycles. The molecule has 8 nitrogen and oxygen atoms in total. The molecule has 3 amide bonds. The van der Waals surface area contributed by atoms with E-state index >= 15 is 0 Å². The Morgan fingerprint density at radius 3 is 2.77 bits per heavy atom. The predicted molar refractivity (Wildman–Crippen MR) is 112 cm³/mol. The SMILES string of the molecule is O=C1CCC(N2Cc3cc(-c4cc(CN5CC[C@@H](O)C5)ccn4)ccc3C2=O)C(=O)N1. The maximum absolute atomic E-state index is 12.9. The number of hydrogen-bond donors (Lipinski definition) is 2. The van der Waals surface area contributed by atoms with Crippen molar-refractivity contribution in [1.29, 1.82) is 0 Å². The molecule has 8 heteroatoms. The normalized spacial score (nSPS) is 23.9. The molecule has 2 saturated heterocycles. The highest BCUT2D eigenvalue weighted by Crippen LogP contribution is 2.31. The standard InChI is InChI=1S/C23H24N4O4/c28-17-6-8-26(13-17)11-14-5-7-24-19(9-14)15-1-2-18-16(10-15)12-27(23(18)31)20-3-4-21(29)25-22(20)30/h1-2,5,7,9-10,17,20,28H,3-4,6,8,11-13H2,(H,25,29,30)/t17-,20?/m1/s1. The molecular formula is C23H24N4O4. The maximum atomic E-state index is 12.9. The highest BCUT2D eigenvalue weighted by Gasteiger charge is 2.39. The second-order valence-corrected chi connectivity index (χ2v) is 8.50. The van der Waals surface area contributed by atoms with Gasteiger partial charge in [0.15, 0.2) is 0 Å². The molecule has 0 bridgehead atoms. The van der Waals surface area contributed by atoms with Gasteiger partial charge in [0.25, 0.3) is 5.91 Å². The zero-order valence-electron chi connectivity index (χ0n) is 17.1. The summed E-state index contributed by atoms with van der Waals surface area (Å²) in [4.78, 5) is 44.8. The molecule has 1 aromatic carbocycles. The lowest BCUT2D eigenvalue weighted by Gasteiger charge is -2.29. The molecule has 3 aliphatic heterocycles. The Balaban J connectivity index is 1.35. The molecule has 1 unspecified atom stereocenters. The van der Waals surface area contributed by atoms with Crippen LogP contribution in [-0.4, -0.2) is 62.8 Å². The van der Waals surface area contributed by atoms with Gasteiger partial charge in [-0.25, -0.2) is 0 Å². The van der Waals surface area contributed by atoms with Crippen molar-refractivity contribution in [2.75, 3.05) is 13.1 Å². The van der Waals surface area contributed by atoms with Crippen LogP contribution in [0.1, 0.15) is 40.7 Å². The molecule has 31 heavy (non-hydrogen) atoms. The number of imide groups is 1. The molecule has 2 N–H and O–H groups in total. The number of nitrogens with zero attached hydrogens (tertiary/aromatic N) is 3. The molecule has 2 atom stereocenters. The summed E-state index contributed by atoms with van der Waals surface area (Å²) in [5.41, 5.74) is 4.32. The molecule has 2 fully saturated rings. The maximum Gasteiger partial charge on any atom is 0.255 e. The summed E-state index contributed by atoms with van der Waals surface area (Å²) in [7, 11) is 0. The van der Waals surface area contributed by atoms with Crippen LogP contribution >= 0.6 is 0 Å². The van der Waals surface area contributed by atoms with Gasteiger partial charge in [-0.05, 0) is 48.2 Å². The van der Waals surface area contributed by atoms with Crippen molar-refractivity contribution in [3.63, 3.8) is 0 Å². The largest absolute Gasteiger partial charge is 0.392 e. The minimum Gasteiger partial charge on any atom is -0.392 e. The van der Waals surface area contributed by atoms with Gasteiger partial charge >= 0.3 is 0 Å². The highest BCUT2D eigenvalue weighted by atomic mass is 16.3. The quantitative estimate of drug-likeness (QED) is 0.718. The zero-order chi connectivity index (χ0) is 21.5. The van der Waals surface area contributed by atoms with Crippen LogP contribution in [0.2, 0.25) is 0 Å². The van der Waals surface area contributed by atoms with Gasteiger partial charge in [0.05, 0.1) is 11.8 Å². The number of carbonyl (C=O) groups excluding carboxylic acids is 3. The van der Waals surface area contributed by atoms with Crippen molar-refractivity contribution >= 4 is 17.7 Å². The summed E-state index contributed by atoms with van der Waals surface area (Å²) in [5, 5.41) is 12.1. The first-order valence-corrected chi connectivity index (χ1v) is 10.6. The van der Waals surface area contributed by atoms with E-state index in [1.807, 2.05) is 24.3 Å². The number of hydrogen-bond acceptors (Lipinski definition) is 6. The molecule has 4 heterocycles. The number of pyridine rings is 1. The Bertz CT molecular complexity index is 1070. The summed E-state index contributed by atoms with van der Waals surface area (Å²) < 4.78 is 0. The molecule has 160 valence electrons. The van der Waals surface area contributed by atoms with Crippen LogP contribution in [0.25, 0.3) is 11.3 Å². The summed E-state index contributed by atoms with van der Waals surface area (Å²) in [6, 6.07) is 9.06. The van der Waals surface area contributed by atoms with E-state index in [1.54, 1.807) is 17.2 Å². The summed E-state index contributed by atoms with van der Waals surface area (Å²) in [6.07, 6.45) is 2.94. The molecule has 0 radical (unpaired) electrons. The van der Waals surface area contributed by atoms with Crippen LogP contribution < -0.4 is 5.32 Å². The van der Waals surface area contributed by atoms with E-state index < -0.39 is 11.9 Å². The fourth-order valence-electron chi connectivity index (χ4n) is 4.68. The van der Waals surface area contributed by atoms with Crippen molar-refractivity contribution in [1.82, 2.24) is 20.1 Å². The van der Waals surface area contributed by atoms with Crippen LogP contribution in [0.15, 0.2) is 36.5 Å². The third-order valence-electron chi connectivity index (χ3n) is 6.30. The van der Waals surface area contributed by atoms with E-state index in [9.17, 15) is 19.5 Å². The molecule has 0 saturated carbocycles. The highest BCUT2D eigenvalue weighted by molar-refractivity contribution is 6.05. The lowest BCUT2D eigenvalue weighted by atomic mass is 10.0. The van der Waals surface area contributed by atoms with Crippen molar-refractivity contribution in [2.45, 2.75) is 44.5 Å². The van der Waals surface area contributed by atoms with Gasteiger partial charge in [-0.15, -0.1) is 0 Å². The van der Waals surface area contributed by atoms with Crippen LogP contribution in [0, 0.1) is 0 Å². The Labute approximate surface area is 179 Å². The van der Waals surface area contributed by atoms with Crippen molar-refractivity contribution < 1.29 is 19.5 Å². The molecule has 2 aromatic rings. The van der Waals surface area contributed by atoms with Gasteiger partial charge in [-0.3, -0.25) is 29.6 Å². The predicted octanol–water partition coefficient (Wildman–Crippen LogP) is 1.08. The average molecular weight is 420 g/mol. The number of benzene rings is 1. The van der Waals surface area contributed by atoms with Crippen LogP contribution in [-0.2, 0) is 22.7 Å². The fraction of sp³-hybridized carbons (Fsp3) is 0.391.